The maximum absolute atomic E-state index is 5.80. The topological polar surface area (TPSA) is 55.4 Å². The molecule has 0 aromatic carbocycles. The van der Waals surface area contributed by atoms with Crippen LogP contribution < -0.4 is 0 Å². The Morgan fingerprint density at radius 1 is 0.875 bits per heavy atom. The van der Waals surface area contributed by atoms with Gasteiger partial charge in [-0.2, -0.15) is 0 Å². The van der Waals surface area contributed by atoms with Crippen molar-refractivity contribution in [3.63, 3.8) is 0 Å². The molecule has 0 amide bonds. The zero-order valence-corrected chi connectivity index (χ0v) is 18.1. The zero-order valence-electron chi connectivity index (χ0n) is 9.85. The number of hydrogen-bond acceptors (Lipinski definition) is 6. The Kier molecular flexibility index (Phi) is 9.48. The molecule has 1 aliphatic rings. The Labute approximate surface area is 110 Å². The molecule has 1 rings (SSSR count). The Morgan fingerprint density at radius 2 is 1.31 bits per heavy atom. The minimum atomic E-state index is -1.56. The molecule has 0 saturated carbocycles. The van der Waals surface area contributed by atoms with Gasteiger partial charge >= 0.3 is 9.28 Å². The van der Waals surface area contributed by atoms with Gasteiger partial charge in [-0.1, -0.05) is 20.3 Å². The minimum absolute atomic E-state index is 0.523. The van der Waals surface area contributed by atoms with Crippen LogP contribution >= 0.6 is 0 Å². The largest absolute Gasteiger partial charge is 0.425 e. The molecule has 0 N–H and O–H groups in total. The normalized spacial score (nSPS) is 35.2. The molecule has 1 atom stereocenters. The molecule has 1 saturated heterocycles. The van der Waals surface area contributed by atoms with E-state index in [4.69, 9.17) is 24.7 Å². The van der Waals surface area contributed by atoms with E-state index in [0.717, 1.165) is 6.42 Å². The van der Waals surface area contributed by atoms with E-state index in [0.29, 0.717) is 5.54 Å². The molecule has 0 spiro atoms. The quantitative estimate of drug-likeness (QED) is 0.482. The lowest BCUT2D eigenvalue weighted by Gasteiger charge is -2.22. The van der Waals surface area contributed by atoms with E-state index >= 15 is 0 Å². The SMILES string of the molecule is CCC(C)[SiH]1O[SiH2]O[SiH2]O[SiH2]O[SiH2]O[SiH2]O1. The van der Waals surface area contributed by atoms with Gasteiger partial charge in [-0.25, -0.2) is 0 Å². The van der Waals surface area contributed by atoms with Crippen LogP contribution in [0.2, 0.25) is 5.54 Å². The second kappa shape index (κ2) is 10.0. The third-order valence-electron chi connectivity index (χ3n) is 2.24. The highest BCUT2D eigenvalue weighted by molar-refractivity contribution is 6.60. The lowest BCUT2D eigenvalue weighted by molar-refractivity contribution is 0.327. The molecule has 12 heteroatoms. The standard InChI is InChI=1S/C4H20O6Si6/c1-3-4(2)16-9-14-7-12-5-11-6-13-8-15-10-16/h4,16H,3,11-15H2,1-2H3. The summed E-state index contributed by atoms with van der Waals surface area (Å²) in [5, 5.41) is 0. The summed E-state index contributed by atoms with van der Waals surface area (Å²) < 4.78 is 33.3. The van der Waals surface area contributed by atoms with Gasteiger partial charge in [0.2, 0.25) is 0 Å². The van der Waals surface area contributed by atoms with Crippen molar-refractivity contribution in [2.75, 3.05) is 0 Å². The summed E-state index contributed by atoms with van der Waals surface area (Å²) >= 11 is 0. The fourth-order valence-electron chi connectivity index (χ4n) is 1.11. The lowest BCUT2D eigenvalue weighted by atomic mass is 10.4. The molecular formula is C4H20O6Si6. The van der Waals surface area contributed by atoms with Crippen LogP contribution in [0.25, 0.3) is 0 Å². The summed E-state index contributed by atoms with van der Waals surface area (Å²) in [5.41, 5.74) is 0.523. The molecule has 0 aromatic rings. The summed E-state index contributed by atoms with van der Waals surface area (Å²) in [4.78, 5) is 0. The van der Waals surface area contributed by atoms with E-state index < -0.39 is 59.3 Å². The molecule has 1 fully saturated rings. The second-order valence-electron chi connectivity index (χ2n) is 3.49. The average Bonchev–Trinajstić information content (AvgIpc) is 2.29. The van der Waals surface area contributed by atoms with Gasteiger partial charge in [0.05, 0.1) is 0 Å². The summed E-state index contributed by atoms with van der Waals surface area (Å²) in [6.07, 6.45) is 1.09. The Hall–Kier alpha value is 1.06. The maximum atomic E-state index is 5.80. The molecule has 0 aliphatic carbocycles. The highest BCUT2D eigenvalue weighted by atomic mass is 28.4. The maximum Gasteiger partial charge on any atom is 0.305 e. The van der Waals surface area contributed by atoms with Crippen LogP contribution in [0.1, 0.15) is 20.3 Å². The van der Waals surface area contributed by atoms with Gasteiger partial charge in [0.15, 0.2) is 0 Å². The van der Waals surface area contributed by atoms with Crippen LogP contribution in [0.15, 0.2) is 0 Å². The predicted octanol–water partition coefficient (Wildman–Crippen LogP) is -3.89. The summed E-state index contributed by atoms with van der Waals surface area (Å²) in [5.74, 6) is 0. The zero-order chi connectivity index (χ0) is 11.6. The summed E-state index contributed by atoms with van der Waals surface area (Å²) in [6, 6.07) is 0. The van der Waals surface area contributed by atoms with Gasteiger partial charge < -0.3 is 24.7 Å². The first-order chi connectivity index (χ1) is 7.84. The molecule has 0 bridgehead atoms. The van der Waals surface area contributed by atoms with Gasteiger partial charge in [0, 0.05) is 0 Å². The van der Waals surface area contributed by atoms with Crippen LogP contribution in [-0.4, -0.2) is 59.3 Å². The van der Waals surface area contributed by atoms with Gasteiger partial charge in [0.25, 0.3) is 50.0 Å². The van der Waals surface area contributed by atoms with Crippen LogP contribution in [-0.2, 0) is 24.7 Å². The van der Waals surface area contributed by atoms with Crippen LogP contribution in [0, 0.1) is 0 Å². The molecule has 1 heterocycles. The molecule has 0 radical (unpaired) electrons. The van der Waals surface area contributed by atoms with Crippen molar-refractivity contribution >= 4 is 59.3 Å². The Morgan fingerprint density at radius 3 is 1.75 bits per heavy atom. The van der Waals surface area contributed by atoms with E-state index in [-0.39, 0.29) is 0 Å². The molecule has 6 nitrogen and oxygen atoms in total. The third kappa shape index (κ3) is 6.71. The first-order valence-corrected chi connectivity index (χ1v) is 12.8. The molecule has 1 unspecified atom stereocenters. The van der Waals surface area contributed by atoms with Gasteiger partial charge in [-0.05, 0) is 5.54 Å². The summed E-state index contributed by atoms with van der Waals surface area (Å²) in [7, 11) is -5.87. The van der Waals surface area contributed by atoms with Crippen LogP contribution in [0.5, 0.6) is 0 Å². The highest BCUT2D eigenvalue weighted by Gasteiger charge is 2.20. The molecule has 1 aliphatic heterocycles. The minimum Gasteiger partial charge on any atom is -0.425 e. The predicted molar refractivity (Wildman–Crippen MR) is 76.1 cm³/mol. The van der Waals surface area contributed by atoms with Crippen molar-refractivity contribution in [1.29, 1.82) is 0 Å². The van der Waals surface area contributed by atoms with Crippen molar-refractivity contribution in [3.05, 3.63) is 0 Å². The van der Waals surface area contributed by atoms with Gasteiger partial charge in [0.1, 0.15) is 0 Å². The van der Waals surface area contributed by atoms with Crippen molar-refractivity contribution in [2.24, 2.45) is 0 Å². The molecule has 96 valence electrons. The molecular weight excluding hydrogens is 313 g/mol. The first-order valence-electron chi connectivity index (χ1n) is 5.38. The number of hydrogen-bond donors (Lipinski definition) is 0. The van der Waals surface area contributed by atoms with E-state index in [9.17, 15) is 0 Å². The smallest absolute Gasteiger partial charge is 0.305 e. The first kappa shape index (κ1) is 15.1. The Balaban J connectivity index is 2.30. The molecule has 0 aromatic heterocycles. The van der Waals surface area contributed by atoms with Crippen molar-refractivity contribution in [1.82, 2.24) is 0 Å². The Bertz CT molecular complexity index is 163. The fraction of sp³-hybridized carbons (Fsp3) is 1.00. The molecule has 16 heavy (non-hydrogen) atoms. The lowest BCUT2D eigenvalue weighted by Crippen LogP contribution is -2.34. The van der Waals surface area contributed by atoms with Crippen molar-refractivity contribution < 1.29 is 24.7 Å². The van der Waals surface area contributed by atoms with Gasteiger partial charge in [-0.3, -0.25) is 0 Å². The number of rotatable bonds is 2. The van der Waals surface area contributed by atoms with E-state index in [1.165, 1.54) is 0 Å². The second-order valence-corrected chi connectivity index (χ2v) is 15.7. The third-order valence-corrected chi connectivity index (χ3v) is 12.7. The monoisotopic (exact) mass is 332 g/mol. The van der Waals surface area contributed by atoms with Crippen molar-refractivity contribution in [3.8, 4) is 0 Å². The van der Waals surface area contributed by atoms with E-state index in [1.54, 1.807) is 0 Å². The van der Waals surface area contributed by atoms with Crippen LogP contribution in [0.4, 0.5) is 0 Å². The highest BCUT2D eigenvalue weighted by Crippen LogP contribution is 2.14. The van der Waals surface area contributed by atoms with Gasteiger partial charge in [-0.15, -0.1) is 0 Å². The fourth-order valence-corrected chi connectivity index (χ4v) is 14.6. The van der Waals surface area contributed by atoms with E-state index in [2.05, 4.69) is 13.8 Å². The van der Waals surface area contributed by atoms with E-state index in [1.807, 2.05) is 0 Å². The van der Waals surface area contributed by atoms with Crippen LogP contribution in [0.3, 0.4) is 0 Å². The summed E-state index contributed by atoms with van der Waals surface area (Å²) in [6.45, 7) is 4.34. The average molecular weight is 333 g/mol. The van der Waals surface area contributed by atoms with Crippen molar-refractivity contribution in [2.45, 2.75) is 25.8 Å².